The summed E-state index contributed by atoms with van der Waals surface area (Å²) in [5, 5.41) is 11.7. The molecule has 0 bridgehead atoms. The lowest BCUT2D eigenvalue weighted by Crippen LogP contribution is -2.13. The minimum absolute atomic E-state index is 0.800. The van der Waals surface area contributed by atoms with Crippen molar-refractivity contribution in [1.29, 1.82) is 0 Å². The number of aromatic nitrogens is 1. The van der Waals surface area contributed by atoms with Crippen LogP contribution in [0.3, 0.4) is 0 Å². The molecule has 3 aromatic carbocycles. The molecule has 0 aliphatic heterocycles. The standard InChI is InChI=1S/C18H13BNO/c21-19-13-6-5-7-14(12-13)20-17-10-3-1-8-15(17)16-9-2-4-11-18(16)20/h1-12,21H. The third kappa shape index (κ3) is 1.86. The van der Waals surface area contributed by atoms with Crippen molar-refractivity contribution in [3.63, 3.8) is 0 Å². The lowest BCUT2D eigenvalue weighted by atomic mass is 9.88. The van der Waals surface area contributed by atoms with E-state index in [1.54, 1.807) is 0 Å². The summed E-state index contributed by atoms with van der Waals surface area (Å²) in [6.07, 6.45) is 0. The van der Waals surface area contributed by atoms with E-state index in [9.17, 15) is 5.02 Å². The van der Waals surface area contributed by atoms with E-state index in [0.717, 1.165) is 18.6 Å². The minimum atomic E-state index is 0.800. The van der Waals surface area contributed by atoms with Crippen LogP contribution in [0.4, 0.5) is 0 Å². The van der Waals surface area contributed by atoms with Gasteiger partial charge in [-0.15, -0.1) is 0 Å². The summed E-state index contributed by atoms with van der Waals surface area (Å²) < 4.78 is 2.23. The van der Waals surface area contributed by atoms with Gasteiger partial charge >= 0.3 is 7.48 Å². The molecular formula is C18H13BNO. The van der Waals surface area contributed by atoms with E-state index in [1.807, 2.05) is 18.2 Å². The van der Waals surface area contributed by atoms with Crippen molar-refractivity contribution in [2.45, 2.75) is 0 Å². The van der Waals surface area contributed by atoms with Gasteiger partial charge in [0.05, 0.1) is 11.0 Å². The summed E-state index contributed by atoms with van der Waals surface area (Å²) in [7, 11) is 1.14. The zero-order valence-corrected chi connectivity index (χ0v) is 11.4. The van der Waals surface area contributed by atoms with E-state index >= 15 is 0 Å². The summed E-state index contributed by atoms with van der Waals surface area (Å²) in [6, 6.07) is 24.7. The molecule has 1 radical (unpaired) electrons. The van der Waals surface area contributed by atoms with Gasteiger partial charge in [0.1, 0.15) is 0 Å². The molecule has 99 valence electrons. The van der Waals surface area contributed by atoms with Crippen molar-refractivity contribution >= 4 is 34.8 Å². The Morgan fingerprint density at radius 2 is 1.33 bits per heavy atom. The van der Waals surface area contributed by atoms with Crippen molar-refractivity contribution in [2.24, 2.45) is 0 Å². The number of hydrogen-bond donors (Lipinski definition) is 1. The molecule has 0 fully saturated rings. The Kier molecular flexibility index (Phi) is 2.79. The first-order valence-electron chi connectivity index (χ1n) is 6.94. The third-order valence-electron chi connectivity index (χ3n) is 3.86. The lowest BCUT2D eigenvalue weighted by molar-refractivity contribution is 0.615. The first-order valence-corrected chi connectivity index (χ1v) is 6.94. The number of hydrogen-bond acceptors (Lipinski definition) is 1. The van der Waals surface area contributed by atoms with Crippen molar-refractivity contribution in [2.75, 3.05) is 0 Å². The van der Waals surface area contributed by atoms with Gasteiger partial charge in [-0.3, -0.25) is 0 Å². The smallest absolute Gasteiger partial charge is 0.326 e. The van der Waals surface area contributed by atoms with Crippen molar-refractivity contribution in [3.05, 3.63) is 72.8 Å². The van der Waals surface area contributed by atoms with Gasteiger partial charge in [0.25, 0.3) is 0 Å². The molecule has 4 rings (SSSR count). The zero-order chi connectivity index (χ0) is 14.2. The Morgan fingerprint density at radius 3 is 1.95 bits per heavy atom. The van der Waals surface area contributed by atoms with Crippen LogP contribution >= 0.6 is 0 Å². The number of fused-ring (bicyclic) bond motifs is 3. The summed E-state index contributed by atoms with van der Waals surface area (Å²) in [4.78, 5) is 0. The van der Waals surface area contributed by atoms with E-state index < -0.39 is 0 Å². The summed E-state index contributed by atoms with van der Waals surface area (Å²) >= 11 is 0. The maximum Gasteiger partial charge on any atom is 0.326 e. The molecule has 3 heteroatoms. The third-order valence-corrected chi connectivity index (χ3v) is 3.86. The molecule has 2 nitrogen and oxygen atoms in total. The van der Waals surface area contributed by atoms with E-state index in [0.29, 0.717) is 0 Å². The normalized spacial score (nSPS) is 11.1. The highest BCUT2D eigenvalue weighted by Gasteiger charge is 2.11. The lowest BCUT2D eigenvalue weighted by Gasteiger charge is -2.08. The molecule has 0 aliphatic carbocycles. The maximum atomic E-state index is 9.25. The molecule has 0 unspecified atom stereocenters. The molecule has 1 heterocycles. The molecule has 0 aliphatic rings. The van der Waals surface area contributed by atoms with Gasteiger partial charge in [0, 0.05) is 16.5 Å². The predicted molar refractivity (Wildman–Crippen MR) is 88.4 cm³/mol. The Bertz CT molecular complexity index is 889. The van der Waals surface area contributed by atoms with Crippen molar-refractivity contribution < 1.29 is 5.02 Å². The number of rotatable bonds is 2. The largest absolute Gasteiger partial charge is 0.450 e. The van der Waals surface area contributed by atoms with Crippen molar-refractivity contribution in [3.8, 4) is 5.69 Å². The van der Waals surface area contributed by atoms with Crippen LogP contribution in [0.5, 0.6) is 0 Å². The molecule has 1 N–H and O–H groups in total. The predicted octanol–water partition coefficient (Wildman–Crippen LogP) is 3.02. The molecule has 21 heavy (non-hydrogen) atoms. The SMILES string of the molecule is O[B]c1cccc(-n2c3ccccc3c3ccccc32)c1. The topological polar surface area (TPSA) is 25.2 Å². The van der Waals surface area contributed by atoms with E-state index in [4.69, 9.17) is 0 Å². The number of benzene rings is 3. The van der Waals surface area contributed by atoms with Gasteiger partial charge in [0.2, 0.25) is 0 Å². The first kappa shape index (κ1) is 12.2. The quantitative estimate of drug-likeness (QED) is 0.556. The van der Waals surface area contributed by atoms with Gasteiger partial charge in [-0.25, -0.2) is 0 Å². The van der Waals surface area contributed by atoms with Crippen LogP contribution in [0.2, 0.25) is 0 Å². The van der Waals surface area contributed by atoms with Crippen LogP contribution in [-0.4, -0.2) is 17.1 Å². The maximum absolute atomic E-state index is 9.25. The van der Waals surface area contributed by atoms with Crippen molar-refractivity contribution in [1.82, 2.24) is 4.57 Å². The molecule has 1 aromatic heterocycles. The second-order valence-corrected chi connectivity index (χ2v) is 5.09. The molecule has 0 saturated heterocycles. The van der Waals surface area contributed by atoms with Crippen LogP contribution in [0.1, 0.15) is 0 Å². The van der Waals surface area contributed by atoms with E-state index in [2.05, 4.69) is 59.2 Å². The molecular weight excluding hydrogens is 257 g/mol. The zero-order valence-electron chi connectivity index (χ0n) is 11.4. The van der Waals surface area contributed by atoms with E-state index in [1.165, 1.54) is 21.8 Å². The van der Waals surface area contributed by atoms with E-state index in [-0.39, 0.29) is 0 Å². The fourth-order valence-electron chi connectivity index (χ4n) is 2.94. The molecule has 0 atom stereocenters. The second-order valence-electron chi connectivity index (χ2n) is 5.09. The highest BCUT2D eigenvalue weighted by Crippen LogP contribution is 2.31. The molecule has 4 aromatic rings. The Balaban J connectivity index is 2.14. The fourth-order valence-corrected chi connectivity index (χ4v) is 2.94. The average Bonchev–Trinajstić information content (AvgIpc) is 2.89. The minimum Gasteiger partial charge on any atom is -0.450 e. The van der Waals surface area contributed by atoms with Crippen LogP contribution in [0.15, 0.2) is 72.8 Å². The highest BCUT2D eigenvalue weighted by molar-refractivity contribution is 6.45. The summed E-state index contributed by atoms with van der Waals surface area (Å²) in [5.74, 6) is 0. The average molecular weight is 270 g/mol. The number of para-hydroxylation sites is 2. The highest BCUT2D eigenvalue weighted by atomic mass is 16.2. The molecule has 0 saturated carbocycles. The Morgan fingerprint density at radius 1 is 0.714 bits per heavy atom. The van der Waals surface area contributed by atoms with Gasteiger partial charge in [-0.2, -0.15) is 0 Å². The summed E-state index contributed by atoms with van der Waals surface area (Å²) in [5.41, 5.74) is 4.20. The van der Waals surface area contributed by atoms with Gasteiger partial charge in [-0.05, 0) is 24.3 Å². The van der Waals surface area contributed by atoms with Crippen LogP contribution < -0.4 is 5.46 Å². The van der Waals surface area contributed by atoms with Gasteiger partial charge < -0.3 is 9.59 Å². The van der Waals surface area contributed by atoms with Gasteiger partial charge in [0.15, 0.2) is 0 Å². The number of nitrogens with zero attached hydrogens (tertiary/aromatic N) is 1. The van der Waals surface area contributed by atoms with Crippen LogP contribution in [0.25, 0.3) is 27.5 Å². The van der Waals surface area contributed by atoms with Gasteiger partial charge in [-0.1, -0.05) is 54.0 Å². The Labute approximate surface area is 123 Å². The van der Waals surface area contributed by atoms with Crippen LogP contribution in [-0.2, 0) is 0 Å². The second kappa shape index (κ2) is 4.79. The molecule has 0 spiro atoms. The summed E-state index contributed by atoms with van der Waals surface area (Å²) in [6.45, 7) is 0. The fraction of sp³-hybridized carbons (Fsp3) is 0. The first-order chi connectivity index (χ1) is 10.4. The monoisotopic (exact) mass is 270 g/mol. The molecule has 0 amide bonds. The van der Waals surface area contributed by atoms with Crippen LogP contribution in [0, 0.1) is 0 Å². The Hall–Kier alpha value is -2.52.